The van der Waals surface area contributed by atoms with Gasteiger partial charge in [0, 0.05) is 24.7 Å². The molecule has 4 nitrogen and oxygen atoms in total. The van der Waals surface area contributed by atoms with E-state index < -0.39 is 5.60 Å². The van der Waals surface area contributed by atoms with E-state index in [0.29, 0.717) is 5.56 Å². The summed E-state index contributed by atoms with van der Waals surface area (Å²) in [6, 6.07) is 5.48. The average molecular weight is 274 g/mol. The predicted molar refractivity (Wildman–Crippen MR) is 80.4 cm³/mol. The molecule has 0 atom stereocenters. The third kappa shape index (κ3) is 5.04. The molecule has 4 heteroatoms. The molecule has 0 spiro atoms. The number of rotatable bonds is 3. The molecule has 1 rings (SSSR count). The van der Waals surface area contributed by atoms with Crippen molar-refractivity contribution >= 4 is 5.91 Å². The van der Waals surface area contributed by atoms with Gasteiger partial charge in [-0.25, -0.2) is 0 Å². The first-order chi connectivity index (χ1) is 9.23. The Bertz CT molecular complexity index is 548. The molecule has 0 saturated carbocycles. The standard InChI is InChI=1S/C16H22N2O2/c1-12-8-13(6-5-7-17)10-14(9-12)15(19)18(4)11-16(2,3)20/h8-10,20H,7,11,17H2,1-4H3. The normalized spacial score (nSPS) is 10.7. The molecule has 0 radical (unpaired) electrons. The Morgan fingerprint density at radius 1 is 1.40 bits per heavy atom. The first-order valence-electron chi connectivity index (χ1n) is 6.51. The molecule has 0 unspecified atom stereocenters. The second kappa shape index (κ2) is 6.56. The summed E-state index contributed by atoms with van der Waals surface area (Å²) in [6.45, 7) is 5.82. The van der Waals surface area contributed by atoms with E-state index in [2.05, 4.69) is 11.8 Å². The molecule has 20 heavy (non-hydrogen) atoms. The van der Waals surface area contributed by atoms with Gasteiger partial charge in [0.15, 0.2) is 0 Å². The van der Waals surface area contributed by atoms with E-state index in [1.165, 1.54) is 4.90 Å². The molecule has 1 amide bonds. The lowest BCUT2D eigenvalue weighted by molar-refractivity contribution is 0.0368. The summed E-state index contributed by atoms with van der Waals surface area (Å²) in [5, 5.41) is 9.78. The number of likely N-dealkylation sites (N-methyl/N-ethyl adjacent to an activating group) is 1. The van der Waals surface area contributed by atoms with Gasteiger partial charge in [0.2, 0.25) is 0 Å². The van der Waals surface area contributed by atoms with E-state index >= 15 is 0 Å². The lowest BCUT2D eigenvalue weighted by Crippen LogP contribution is -2.39. The molecule has 108 valence electrons. The fourth-order valence-electron chi connectivity index (χ4n) is 2.00. The van der Waals surface area contributed by atoms with Crippen molar-refractivity contribution in [3.8, 4) is 11.8 Å². The van der Waals surface area contributed by atoms with Gasteiger partial charge < -0.3 is 15.7 Å². The maximum Gasteiger partial charge on any atom is 0.253 e. The first kappa shape index (κ1) is 16.2. The van der Waals surface area contributed by atoms with Gasteiger partial charge in [0.25, 0.3) is 5.91 Å². The van der Waals surface area contributed by atoms with Crippen LogP contribution in [-0.4, -0.2) is 41.7 Å². The van der Waals surface area contributed by atoms with Gasteiger partial charge >= 0.3 is 0 Å². The predicted octanol–water partition coefficient (Wildman–Crippen LogP) is 1.15. The molecule has 0 aliphatic carbocycles. The van der Waals surface area contributed by atoms with Crippen LogP contribution in [0.3, 0.4) is 0 Å². The third-order valence-electron chi connectivity index (χ3n) is 2.63. The van der Waals surface area contributed by atoms with Crippen molar-refractivity contribution in [3.05, 3.63) is 34.9 Å². The Morgan fingerprint density at radius 3 is 2.60 bits per heavy atom. The minimum Gasteiger partial charge on any atom is -0.389 e. The lowest BCUT2D eigenvalue weighted by atomic mass is 10.0. The van der Waals surface area contributed by atoms with E-state index in [1.54, 1.807) is 27.0 Å². The van der Waals surface area contributed by atoms with Gasteiger partial charge in [0.05, 0.1) is 12.1 Å². The Morgan fingerprint density at radius 2 is 2.05 bits per heavy atom. The van der Waals surface area contributed by atoms with Crippen LogP contribution < -0.4 is 5.73 Å². The summed E-state index contributed by atoms with van der Waals surface area (Å²) in [5.74, 6) is 5.58. The number of carbonyl (C=O) groups is 1. The molecule has 1 aromatic carbocycles. The first-order valence-corrected chi connectivity index (χ1v) is 6.51. The Hall–Kier alpha value is -1.83. The quantitative estimate of drug-likeness (QED) is 0.813. The number of benzene rings is 1. The van der Waals surface area contributed by atoms with Crippen LogP contribution in [0.25, 0.3) is 0 Å². The summed E-state index contributed by atoms with van der Waals surface area (Å²) < 4.78 is 0. The van der Waals surface area contributed by atoms with Crippen LogP contribution in [0.4, 0.5) is 0 Å². The zero-order chi connectivity index (χ0) is 15.3. The van der Waals surface area contributed by atoms with Crippen LogP contribution in [0.2, 0.25) is 0 Å². The van der Waals surface area contributed by atoms with Gasteiger partial charge in [0.1, 0.15) is 0 Å². The monoisotopic (exact) mass is 274 g/mol. The second-order valence-electron chi connectivity index (χ2n) is 5.57. The van der Waals surface area contributed by atoms with Gasteiger partial charge in [-0.1, -0.05) is 11.8 Å². The van der Waals surface area contributed by atoms with Crippen LogP contribution in [0.1, 0.15) is 35.3 Å². The minimum atomic E-state index is -0.920. The molecular weight excluding hydrogens is 252 g/mol. The number of amides is 1. The smallest absolute Gasteiger partial charge is 0.253 e. The minimum absolute atomic E-state index is 0.133. The van der Waals surface area contributed by atoms with Crippen molar-refractivity contribution in [1.82, 2.24) is 4.90 Å². The van der Waals surface area contributed by atoms with Crippen LogP contribution in [0.5, 0.6) is 0 Å². The maximum atomic E-state index is 12.3. The number of aliphatic hydroxyl groups is 1. The SMILES string of the molecule is Cc1cc(C#CCN)cc(C(=O)N(C)CC(C)(C)O)c1. The molecular formula is C16H22N2O2. The molecule has 0 aromatic heterocycles. The fraction of sp³-hybridized carbons (Fsp3) is 0.438. The average Bonchev–Trinajstić information content (AvgIpc) is 2.32. The van der Waals surface area contributed by atoms with Crippen molar-refractivity contribution < 1.29 is 9.90 Å². The molecule has 0 aliphatic heterocycles. The molecule has 1 aromatic rings. The number of aryl methyl sites for hydroxylation is 1. The van der Waals surface area contributed by atoms with Crippen molar-refractivity contribution in [3.63, 3.8) is 0 Å². The van der Waals surface area contributed by atoms with Gasteiger partial charge in [-0.3, -0.25) is 4.79 Å². The second-order valence-corrected chi connectivity index (χ2v) is 5.57. The van der Waals surface area contributed by atoms with E-state index in [9.17, 15) is 9.90 Å². The van der Waals surface area contributed by atoms with Gasteiger partial charge in [-0.2, -0.15) is 0 Å². The Kier molecular flexibility index (Phi) is 5.32. The van der Waals surface area contributed by atoms with E-state index in [0.717, 1.165) is 11.1 Å². The van der Waals surface area contributed by atoms with Crippen LogP contribution >= 0.6 is 0 Å². The third-order valence-corrected chi connectivity index (χ3v) is 2.63. The zero-order valence-corrected chi connectivity index (χ0v) is 12.5. The highest BCUT2D eigenvalue weighted by atomic mass is 16.3. The summed E-state index contributed by atoms with van der Waals surface area (Å²) in [5.41, 5.74) is 6.74. The number of hydrogen-bond donors (Lipinski definition) is 2. The van der Waals surface area contributed by atoms with Gasteiger partial charge in [-0.05, 0) is 44.5 Å². The number of carbonyl (C=O) groups excluding carboxylic acids is 1. The van der Waals surface area contributed by atoms with Crippen molar-refractivity contribution in [2.45, 2.75) is 26.4 Å². The number of hydrogen-bond acceptors (Lipinski definition) is 3. The number of nitrogens with two attached hydrogens (primary N) is 1. The fourth-order valence-corrected chi connectivity index (χ4v) is 2.00. The van der Waals surface area contributed by atoms with Gasteiger partial charge in [-0.15, -0.1) is 0 Å². The summed E-state index contributed by atoms with van der Waals surface area (Å²) in [4.78, 5) is 13.9. The van der Waals surface area contributed by atoms with E-state index in [1.807, 2.05) is 19.1 Å². The van der Waals surface area contributed by atoms with Crippen molar-refractivity contribution in [2.24, 2.45) is 5.73 Å². The van der Waals surface area contributed by atoms with Crippen LogP contribution in [0.15, 0.2) is 18.2 Å². The van der Waals surface area contributed by atoms with Crippen LogP contribution in [0, 0.1) is 18.8 Å². The zero-order valence-electron chi connectivity index (χ0n) is 12.5. The summed E-state index contributed by atoms with van der Waals surface area (Å²) >= 11 is 0. The van der Waals surface area contributed by atoms with Crippen molar-refractivity contribution in [2.75, 3.05) is 20.1 Å². The maximum absolute atomic E-state index is 12.3. The molecule has 0 heterocycles. The van der Waals surface area contributed by atoms with E-state index in [4.69, 9.17) is 5.73 Å². The molecule has 0 fully saturated rings. The molecule has 0 aliphatic rings. The highest BCUT2D eigenvalue weighted by Crippen LogP contribution is 2.13. The van der Waals surface area contributed by atoms with Crippen LogP contribution in [-0.2, 0) is 0 Å². The largest absolute Gasteiger partial charge is 0.389 e. The summed E-state index contributed by atoms with van der Waals surface area (Å²) in [7, 11) is 1.67. The highest BCUT2D eigenvalue weighted by molar-refractivity contribution is 5.94. The van der Waals surface area contributed by atoms with Crippen molar-refractivity contribution in [1.29, 1.82) is 0 Å². The molecule has 0 bridgehead atoms. The Balaban J connectivity index is 3.01. The Labute approximate surface area is 120 Å². The summed E-state index contributed by atoms with van der Waals surface area (Å²) in [6.07, 6.45) is 0. The molecule has 3 N–H and O–H groups in total. The highest BCUT2D eigenvalue weighted by Gasteiger charge is 2.20. The number of nitrogens with zero attached hydrogens (tertiary/aromatic N) is 1. The lowest BCUT2D eigenvalue weighted by Gasteiger charge is -2.25. The van der Waals surface area contributed by atoms with E-state index in [-0.39, 0.29) is 19.0 Å². The molecule has 0 saturated heterocycles. The topological polar surface area (TPSA) is 66.6 Å².